The fourth-order valence-corrected chi connectivity index (χ4v) is 3.83. The van der Waals surface area contributed by atoms with Gasteiger partial charge in [-0.25, -0.2) is 0 Å². The topological polar surface area (TPSA) is 85.9 Å². The number of pyridine rings is 1. The molecule has 3 N–H and O–H groups in total. The smallest absolute Gasteiger partial charge is 0.266 e. The molecule has 3 aromatic heterocycles. The Labute approximate surface area is 148 Å². The first-order valence-electron chi connectivity index (χ1n) is 7.56. The maximum Gasteiger partial charge on any atom is 0.266 e. The number of aromatic nitrogens is 3. The van der Waals surface area contributed by atoms with Crippen LogP contribution in [0.5, 0.6) is 5.75 Å². The fraction of sp³-hybridized carbons (Fsp3) is 0.222. The van der Waals surface area contributed by atoms with Crippen LogP contribution in [0.2, 0.25) is 0 Å². The monoisotopic (exact) mass is 356 g/mol. The van der Waals surface area contributed by atoms with E-state index in [1.54, 1.807) is 13.3 Å². The molecule has 0 saturated carbocycles. The van der Waals surface area contributed by atoms with Crippen LogP contribution in [0.25, 0.3) is 32.1 Å². The van der Waals surface area contributed by atoms with Crippen LogP contribution in [-0.2, 0) is 6.54 Å². The Bertz CT molecular complexity index is 1090. The molecule has 0 bridgehead atoms. The predicted octanol–water partition coefficient (Wildman–Crippen LogP) is 3.21. The number of rotatable bonds is 4. The second-order valence-electron chi connectivity index (χ2n) is 5.46. The summed E-state index contributed by atoms with van der Waals surface area (Å²) in [6.45, 7) is 1.17. The molecule has 0 saturated heterocycles. The Kier molecular flexibility index (Phi) is 4.61. The van der Waals surface area contributed by atoms with Gasteiger partial charge >= 0.3 is 0 Å². The number of nitrogens with one attached hydrogen (secondary N) is 1. The summed E-state index contributed by atoms with van der Waals surface area (Å²) in [6, 6.07) is 5.72. The van der Waals surface area contributed by atoms with E-state index in [0.29, 0.717) is 17.8 Å². The van der Waals surface area contributed by atoms with Gasteiger partial charge in [-0.15, -0.1) is 11.3 Å². The third kappa shape index (κ3) is 2.71. The lowest BCUT2D eigenvalue weighted by Gasteiger charge is -2.11. The fourth-order valence-electron chi connectivity index (χ4n) is 3.03. The zero-order valence-corrected chi connectivity index (χ0v) is 13.9. The van der Waals surface area contributed by atoms with Crippen LogP contribution in [0.1, 0.15) is 7.43 Å². The average molecular weight is 356 g/mol. The molecule has 0 aliphatic heterocycles. The molecule has 7 heteroatoms. The van der Waals surface area contributed by atoms with Crippen molar-refractivity contribution < 1.29 is 4.74 Å². The minimum absolute atomic E-state index is 0. The number of nitrogens with two attached hydrogens (primary N) is 1. The molecule has 0 aliphatic rings. The van der Waals surface area contributed by atoms with Gasteiger partial charge in [0.2, 0.25) is 0 Å². The van der Waals surface area contributed by atoms with Gasteiger partial charge in [0.1, 0.15) is 10.4 Å². The Morgan fingerprint density at radius 1 is 1.36 bits per heavy atom. The third-order valence-electron chi connectivity index (χ3n) is 4.06. The Hall–Kier alpha value is -2.64. The van der Waals surface area contributed by atoms with E-state index in [4.69, 9.17) is 10.5 Å². The van der Waals surface area contributed by atoms with E-state index in [1.165, 1.54) is 11.3 Å². The molecule has 6 nitrogen and oxygen atoms in total. The Morgan fingerprint density at radius 2 is 2.20 bits per heavy atom. The predicted molar refractivity (Wildman–Crippen MR) is 104 cm³/mol. The van der Waals surface area contributed by atoms with Crippen molar-refractivity contribution >= 4 is 32.3 Å². The van der Waals surface area contributed by atoms with Crippen LogP contribution in [0.4, 0.5) is 0 Å². The minimum Gasteiger partial charge on any atom is -0.496 e. The number of ether oxygens (including phenoxy) is 1. The molecular weight excluding hydrogens is 336 g/mol. The first-order chi connectivity index (χ1) is 11.7. The summed E-state index contributed by atoms with van der Waals surface area (Å²) < 4.78 is 8.11. The maximum atomic E-state index is 12.2. The van der Waals surface area contributed by atoms with Gasteiger partial charge in [-0.05, 0) is 23.6 Å². The highest BCUT2D eigenvalue weighted by molar-refractivity contribution is 7.17. The molecule has 0 atom stereocenters. The SMILES string of the molecule is C.COc1ccc2[nH]c(=O)c3sccc3c2c1-c1cnn(CCN)c1. The van der Waals surface area contributed by atoms with Crippen molar-refractivity contribution in [1.82, 2.24) is 14.8 Å². The lowest BCUT2D eigenvalue weighted by atomic mass is 9.99. The summed E-state index contributed by atoms with van der Waals surface area (Å²) in [7, 11) is 1.64. The van der Waals surface area contributed by atoms with Crippen LogP contribution in [0.3, 0.4) is 0 Å². The molecule has 0 unspecified atom stereocenters. The number of thiophene rings is 1. The first kappa shape index (κ1) is 17.2. The van der Waals surface area contributed by atoms with Crippen molar-refractivity contribution in [2.24, 2.45) is 5.73 Å². The van der Waals surface area contributed by atoms with Crippen molar-refractivity contribution in [3.8, 4) is 16.9 Å². The van der Waals surface area contributed by atoms with Crippen molar-refractivity contribution in [1.29, 1.82) is 0 Å². The molecule has 0 aliphatic carbocycles. The molecule has 1 aromatic carbocycles. The molecule has 3 heterocycles. The minimum atomic E-state index is -0.0672. The Balaban J connectivity index is 0.00000182. The summed E-state index contributed by atoms with van der Waals surface area (Å²) in [5.41, 5.74) is 8.19. The molecule has 4 aromatic rings. The number of hydrogen-bond donors (Lipinski definition) is 2. The zero-order valence-electron chi connectivity index (χ0n) is 13.1. The average Bonchev–Trinajstić information content (AvgIpc) is 3.24. The van der Waals surface area contributed by atoms with E-state index >= 15 is 0 Å². The Morgan fingerprint density at radius 3 is 2.96 bits per heavy atom. The number of nitrogens with zero attached hydrogens (tertiary/aromatic N) is 2. The molecule has 4 rings (SSSR count). The molecular formula is C18H20N4O2S. The summed E-state index contributed by atoms with van der Waals surface area (Å²) in [5, 5.41) is 8.19. The summed E-state index contributed by atoms with van der Waals surface area (Å²) in [5.74, 6) is 0.745. The maximum absolute atomic E-state index is 12.2. The van der Waals surface area contributed by atoms with Crippen molar-refractivity contribution in [2.45, 2.75) is 14.0 Å². The van der Waals surface area contributed by atoms with Gasteiger partial charge in [-0.3, -0.25) is 9.48 Å². The molecule has 0 amide bonds. The second kappa shape index (κ2) is 6.70. The summed E-state index contributed by atoms with van der Waals surface area (Å²) in [6.07, 6.45) is 3.75. The van der Waals surface area contributed by atoms with Crippen LogP contribution >= 0.6 is 11.3 Å². The van der Waals surface area contributed by atoms with E-state index in [0.717, 1.165) is 33.2 Å². The lowest BCUT2D eigenvalue weighted by Crippen LogP contribution is -2.09. The van der Waals surface area contributed by atoms with E-state index in [2.05, 4.69) is 10.1 Å². The summed E-state index contributed by atoms with van der Waals surface area (Å²) in [4.78, 5) is 15.2. The van der Waals surface area contributed by atoms with Crippen molar-refractivity contribution in [2.75, 3.05) is 13.7 Å². The molecule has 0 radical (unpaired) electrons. The largest absolute Gasteiger partial charge is 0.496 e. The van der Waals surface area contributed by atoms with Crippen LogP contribution in [0.15, 0.2) is 40.8 Å². The summed E-state index contributed by atoms with van der Waals surface area (Å²) >= 11 is 1.44. The van der Waals surface area contributed by atoms with Gasteiger partial charge in [0.15, 0.2) is 0 Å². The van der Waals surface area contributed by atoms with Crippen LogP contribution in [0, 0.1) is 0 Å². The molecule has 130 valence electrons. The number of methoxy groups -OCH3 is 1. The number of benzene rings is 1. The highest BCUT2D eigenvalue weighted by Crippen LogP contribution is 2.39. The van der Waals surface area contributed by atoms with Crippen molar-refractivity contribution in [3.05, 3.63) is 46.3 Å². The van der Waals surface area contributed by atoms with Gasteiger partial charge in [0, 0.05) is 40.2 Å². The van der Waals surface area contributed by atoms with E-state index in [1.807, 2.05) is 34.5 Å². The van der Waals surface area contributed by atoms with Gasteiger partial charge < -0.3 is 15.5 Å². The highest BCUT2D eigenvalue weighted by Gasteiger charge is 2.17. The quantitative estimate of drug-likeness (QED) is 0.588. The van der Waals surface area contributed by atoms with Crippen molar-refractivity contribution in [3.63, 3.8) is 0 Å². The zero-order chi connectivity index (χ0) is 16.7. The number of fused-ring (bicyclic) bond motifs is 3. The standard InChI is InChI=1S/C17H16N4O2S.CH4/c1-23-13-3-2-12-15(11-4-7-24-16(11)17(22)20-12)14(13)10-8-19-21(9-10)6-5-18;/h2-4,7-9H,5-6,18H2,1H3,(H,20,22);1H4. The van der Waals surface area contributed by atoms with E-state index in [-0.39, 0.29) is 13.0 Å². The first-order valence-corrected chi connectivity index (χ1v) is 8.44. The van der Waals surface area contributed by atoms with Gasteiger partial charge in [-0.1, -0.05) is 7.43 Å². The highest BCUT2D eigenvalue weighted by atomic mass is 32.1. The van der Waals surface area contributed by atoms with Crippen LogP contribution in [-0.4, -0.2) is 28.4 Å². The molecule has 0 spiro atoms. The van der Waals surface area contributed by atoms with Gasteiger partial charge in [0.05, 0.1) is 19.9 Å². The second-order valence-corrected chi connectivity index (χ2v) is 6.38. The van der Waals surface area contributed by atoms with Gasteiger partial charge in [0.25, 0.3) is 5.56 Å². The number of H-pyrrole nitrogens is 1. The normalized spacial score (nSPS) is 11.0. The number of hydrogen-bond acceptors (Lipinski definition) is 5. The van der Waals surface area contributed by atoms with E-state index < -0.39 is 0 Å². The lowest BCUT2D eigenvalue weighted by molar-refractivity contribution is 0.417. The van der Waals surface area contributed by atoms with Crippen LogP contribution < -0.4 is 16.0 Å². The third-order valence-corrected chi connectivity index (χ3v) is 4.97. The van der Waals surface area contributed by atoms with Gasteiger partial charge in [-0.2, -0.15) is 5.10 Å². The number of aromatic amines is 1. The van der Waals surface area contributed by atoms with E-state index in [9.17, 15) is 4.79 Å². The molecule has 0 fully saturated rings. The molecule has 25 heavy (non-hydrogen) atoms.